The molecule has 76 valence electrons. The summed E-state index contributed by atoms with van der Waals surface area (Å²) < 4.78 is 0. The summed E-state index contributed by atoms with van der Waals surface area (Å²) in [6.45, 7) is 8.78. The fraction of sp³-hybridized carbons (Fsp3) is 0.667. The first-order valence-electron chi connectivity index (χ1n) is 4.19. The first kappa shape index (κ1) is 12.5. The van der Waals surface area contributed by atoms with Crippen LogP contribution in [0.3, 0.4) is 0 Å². The molecule has 0 aromatic heterocycles. The van der Waals surface area contributed by atoms with Gasteiger partial charge in [-0.1, -0.05) is 32.0 Å². The fourth-order valence-electron chi connectivity index (χ4n) is 1.14. The van der Waals surface area contributed by atoms with E-state index in [-0.39, 0.29) is 6.54 Å². The van der Waals surface area contributed by atoms with Crippen LogP contribution in [0.5, 0.6) is 0 Å². The van der Waals surface area contributed by atoms with E-state index in [9.17, 15) is 4.79 Å². The van der Waals surface area contributed by atoms with Gasteiger partial charge in [-0.15, -0.1) is 0 Å². The Balaban J connectivity index is 4.02. The van der Waals surface area contributed by atoms with E-state index in [1.165, 1.54) is 0 Å². The summed E-state index contributed by atoms with van der Waals surface area (Å²) in [5.41, 5.74) is 0. The summed E-state index contributed by atoms with van der Waals surface area (Å²) >= 11 is 5.61. The van der Waals surface area contributed by atoms with Crippen LogP contribution in [0, 0.1) is 5.92 Å². The topological polar surface area (TPSA) is 40.5 Å². The molecule has 13 heavy (non-hydrogen) atoms. The summed E-state index contributed by atoms with van der Waals surface area (Å²) in [7, 11) is 0. The number of rotatable bonds is 6. The number of carbonyl (C=O) groups is 1. The van der Waals surface area contributed by atoms with Crippen LogP contribution in [0.4, 0.5) is 0 Å². The lowest BCUT2D eigenvalue weighted by Gasteiger charge is -2.21. The van der Waals surface area contributed by atoms with E-state index in [0.29, 0.717) is 17.5 Å². The Morgan fingerprint density at radius 1 is 1.54 bits per heavy atom. The summed E-state index contributed by atoms with van der Waals surface area (Å²) in [5, 5.41) is 9.07. The van der Waals surface area contributed by atoms with Gasteiger partial charge in [0.15, 0.2) is 0 Å². The molecule has 0 bridgehead atoms. The number of halogens is 1. The van der Waals surface area contributed by atoms with Crippen molar-refractivity contribution in [1.29, 1.82) is 0 Å². The van der Waals surface area contributed by atoms with Crippen LogP contribution < -0.4 is 0 Å². The van der Waals surface area contributed by atoms with Gasteiger partial charge in [0.25, 0.3) is 0 Å². The molecule has 0 amide bonds. The van der Waals surface area contributed by atoms with Gasteiger partial charge in [-0.3, -0.25) is 9.69 Å². The number of carboxylic acid groups (broad SMARTS) is 1. The molecule has 0 aliphatic heterocycles. The summed E-state index contributed by atoms with van der Waals surface area (Å²) in [6.07, 6.45) is 0. The van der Waals surface area contributed by atoms with Crippen LogP contribution in [0.2, 0.25) is 0 Å². The highest BCUT2D eigenvalue weighted by molar-refractivity contribution is 6.29. The molecule has 0 aliphatic carbocycles. The highest BCUT2D eigenvalue weighted by Gasteiger charge is 2.11. The molecule has 0 atom stereocenters. The zero-order chi connectivity index (χ0) is 10.4. The van der Waals surface area contributed by atoms with Crippen molar-refractivity contribution < 1.29 is 9.90 Å². The molecule has 0 aliphatic rings. The van der Waals surface area contributed by atoms with Crippen LogP contribution in [-0.2, 0) is 4.79 Å². The van der Waals surface area contributed by atoms with Crippen LogP contribution >= 0.6 is 11.6 Å². The Kier molecular flexibility index (Phi) is 5.75. The van der Waals surface area contributed by atoms with Gasteiger partial charge in [-0.05, 0) is 5.92 Å². The molecule has 0 unspecified atom stereocenters. The van der Waals surface area contributed by atoms with Crippen LogP contribution in [-0.4, -0.2) is 35.6 Å². The van der Waals surface area contributed by atoms with Gasteiger partial charge in [0.05, 0.1) is 6.54 Å². The normalized spacial score (nSPS) is 10.8. The molecular weight excluding hydrogens is 190 g/mol. The lowest BCUT2D eigenvalue weighted by Crippen LogP contribution is -2.33. The van der Waals surface area contributed by atoms with Crippen molar-refractivity contribution in [1.82, 2.24) is 4.90 Å². The quantitative estimate of drug-likeness (QED) is 0.719. The van der Waals surface area contributed by atoms with Crippen molar-refractivity contribution in [3.63, 3.8) is 0 Å². The van der Waals surface area contributed by atoms with Crippen LogP contribution in [0.25, 0.3) is 0 Å². The van der Waals surface area contributed by atoms with E-state index in [4.69, 9.17) is 16.7 Å². The second-order valence-electron chi connectivity index (χ2n) is 3.47. The largest absolute Gasteiger partial charge is 0.480 e. The summed E-state index contributed by atoms with van der Waals surface area (Å²) in [4.78, 5) is 12.2. The molecule has 4 heteroatoms. The number of hydrogen-bond acceptors (Lipinski definition) is 2. The van der Waals surface area contributed by atoms with Gasteiger partial charge in [0.1, 0.15) is 0 Å². The van der Waals surface area contributed by atoms with E-state index in [2.05, 4.69) is 6.58 Å². The van der Waals surface area contributed by atoms with Crippen LogP contribution in [0.15, 0.2) is 11.6 Å². The Labute approximate surface area is 84.0 Å². The van der Waals surface area contributed by atoms with Gasteiger partial charge in [0.2, 0.25) is 0 Å². The second kappa shape index (κ2) is 6.00. The molecule has 0 heterocycles. The van der Waals surface area contributed by atoms with Gasteiger partial charge in [-0.2, -0.15) is 0 Å². The minimum Gasteiger partial charge on any atom is -0.480 e. The molecular formula is C9H16ClNO2. The summed E-state index contributed by atoms with van der Waals surface area (Å²) in [5.74, 6) is -0.408. The van der Waals surface area contributed by atoms with Crippen molar-refractivity contribution in [2.45, 2.75) is 13.8 Å². The molecule has 0 rings (SSSR count). The SMILES string of the molecule is C=C(Cl)CN(CC(=O)O)CC(C)C. The molecule has 0 aromatic rings. The Bertz CT molecular complexity index is 176. The standard InChI is InChI=1S/C9H16ClNO2/c1-7(2)4-11(5-8(3)10)6-9(12)13/h7H,3-6H2,1-2H3,(H,12,13). The Morgan fingerprint density at radius 3 is 2.38 bits per heavy atom. The number of hydrogen-bond donors (Lipinski definition) is 1. The Morgan fingerprint density at radius 2 is 2.08 bits per heavy atom. The van der Waals surface area contributed by atoms with E-state index in [1.807, 2.05) is 13.8 Å². The van der Waals surface area contributed by atoms with E-state index < -0.39 is 5.97 Å². The van der Waals surface area contributed by atoms with Gasteiger partial charge in [-0.25, -0.2) is 0 Å². The minimum atomic E-state index is -0.835. The minimum absolute atomic E-state index is 0.0178. The smallest absolute Gasteiger partial charge is 0.317 e. The van der Waals surface area contributed by atoms with Crippen molar-refractivity contribution in [2.75, 3.05) is 19.6 Å². The fourth-order valence-corrected chi connectivity index (χ4v) is 1.30. The third kappa shape index (κ3) is 7.81. The molecule has 0 fully saturated rings. The molecule has 0 saturated heterocycles. The van der Waals surface area contributed by atoms with Crippen molar-refractivity contribution >= 4 is 17.6 Å². The first-order valence-corrected chi connectivity index (χ1v) is 4.57. The first-order chi connectivity index (χ1) is 5.91. The average Bonchev–Trinajstić information content (AvgIpc) is 1.80. The predicted octanol–water partition coefficient (Wildman–Crippen LogP) is 1.78. The van der Waals surface area contributed by atoms with Crippen LogP contribution in [0.1, 0.15) is 13.8 Å². The van der Waals surface area contributed by atoms with Crippen molar-refractivity contribution in [3.05, 3.63) is 11.6 Å². The molecule has 0 spiro atoms. The summed E-state index contributed by atoms with van der Waals surface area (Å²) in [6, 6.07) is 0. The van der Waals surface area contributed by atoms with Gasteiger partial charge < -0.3 is 5.11 Å². The second-order valence-corrected chi connectivity index (χ2v) is 4.01. The number of nitrogens with zero attached hydrogens (tertiary/aromatic N) is 1. The van der Waals surface area contributed by atoms with E-state index in [0.717, 1.165) is 6.54 Å². The molecule has 3 nitrogen and oxygen atoms in total. The molecule has 0 aromatic carbocycles. The molecule has 0 saturated carbocycles. The number of carboxylic acids is 1. The third-order valence-electron chi connectivity index (χ3n) is 1.38. The average molecular weight is 206 g/mol. The monoisotopic (exact) mass is 205 g/mol. The molecule has 0 radical (unpaired) electrons. The third-order valence-corrected chi connectivity index (χ3v) is 1.50. The highest BCUT2D eigenvalue weighted by atomic mass is 35.5. The maximum atomic E-state index is 10.5. The van der Waals surface area contributed by atoms with Crippen molar-refractivity contribution in [3.8, 4) is 0 Å². The zero-order valence-corrected chi connectivity index (χ0v) is 8.84. The van der Waals surface area contributed by atoms with E-state index in [1.54, 1.807) is 4.90 Å². The Hall–Kier alpha value is -0.540. The van der Waals surface area contributed by atoms with E-state index >= 15 is 0 Å². The lowest BCUT2D eigenvalue weighted by molar-refractivity contribution is -0.138. The van der Waals surface area contributed by atoms with Gasteiger partial charge >= 0.3 is 5.97 Å². The lowest BCUT2D eigenvalue weighted by atomic mass is 10.2. The van der Waals surface area contributed by atoms with Gasteiger partial charge in [0, 0.05) is 18.1 Å². The molecule has 1 N–H and O–H groups in total. The highest BCUT2D eigenvalue weighted by Crippen LogP contribution is 2.04. The zero-order valence-electron chi connectivity index (χ0n) is 8.09. The maximum Gasteiger partial charge on any atom is 0.317 e. The maximum absolute atomic E-state index is 10.5. The predicted molar refractivity (Wildman–Crippen MR) is 53.9 cm³/mol. The number of aliphatic carboxylic acids is 1. The van der Waals surface area contributed by atoms with Crippen molar-refractivity contribution in [2.24, 2.45) is 5.92 Å².